The van der Waals surface area contributed by atoms with Crippen LogP contribution < -0.4 is 0 Å². The minimum Gasteiger partial charge on any atom is -0.465 e. The summed E-state index contributed by atoms with van der Waals surface area (Å²) in [6.07, 6.45) is 1.95. The van der Waals surface area contributed by atoms with Crippen molar-refractivity contribution in [3.63, 3.8) is 0 Å². The van der Waals surface area contributed by atoms with E-state index in [1.165, 1.54) is 0 Å². The van der Waals surface area contributed by atoms with Gasteiger partial charge in [0.15, 0.2) is 0 Å². The van der Waals surface area contributed by atoms with Gasteiger partial charge in [-0.15, -0.1) is 0 Å². The van der Waals surface area contributed by atoms with E-state index in [9.17, 15) is 9.90 Å². The van der Waals surface area contributed by atoms with E-state index in [0.717, 1.165) is 12.8 Å². The van der Waals surface area contributed by atoms with Crippen molar-refractivity contribution < 1.29 is 14.6 Å². The zero-order valence-electron chi connectivity index (χ0n) is 10.4. The van der Waals surface area contributed by atoms with Gasteiger partial charge in [-0.25, -0.2) is 0 Å². The number of carbonyl (C=O) groups excluding carboxylic acids is 1. The van der Waals surface area contributed by atoms with Crippen LogP contribution in [0.25, 0.3) is 0 Å². The summed E-state index contributed by atoms with van der Waals surface area (Å²) in [6, 6.07) is 0. The molecule has 1 aliphatic carbocycles. The van der Waals surface area contributed by atoms with E-state index in [-0.39, 0.29) is 11.4 Å². The summed E-state index contributed by atoms with van der Waals surface area (Å²) in [7, 11) is 0. The smallest absolute Gasteiger partial charge is 0.314 e. The van der Waals surface area contributed by atoms with Gasteiger partial charge in [-0.2, -0.15) is 0 Å². The van der Waals surface area contributed by atoms with E-state index >= 15 is 0 Å². The molecule has 0 aromatic carbocycles. The Morgan fingerprint density at radius 1 is 1.40 bits per heavy atom. The Kier molecular flexibility index (Phi) is 2.90. The lowest BCUT2D eigenvalue weighted by atomic mass is 9.67. The maximum absolute atomic E-state index is 11.8. The average Bonchev–Trinajstić information content (AvgIpc) is 2.85. The topological polar surface area (TPSA) is 46.5 Å². The summed E-state index contributed by atoms with van der Waals surface area (Å²) in [6.45, 7) is 9.42. The molecule has 15 heavy (non-hydrogen) atoms. The molecule has 0 amide bonds. The molecule has 0 aliphatic heterocycles. The Morgan fingerprint density at radius 3 is 2.20 bits per heavy atom. The van der Waals surface area contributed by atoms with Gasteiger partial charge in [0.1, 0.15) is 0 Å². The predicted molar refractivity (Wildman–Crippen MR) is 58.4 cm³/mol. The van der Waals surface area contributed by atoms with Crippen molar-refractivity contribution in [2.75, 3.05) is 6.61 Å². The molecule has 1 N–H and O–H groups in total. The van der Waals surface area contributed by atoms with Crippen molar-refractivity contribution in [1.82, 2.24) is 0 Å². The third kappa shape index (κ3) is 1.78. The van der Waals surface area contributed by atoms with Crippen molar-refractivity contribution in [2.24, 2.45) is 10.8 Å². The number of ether oxygens (including phenoxy) is 1. The van der Waals surface area contributed by atoms with Crippen molar-refractivity contribution in [2.45, 2.75) is 53.1 Å². The average molecular weight is 214 g/mol. The fourth-order valence-corrected chi connectivity index (χ4v) is 1.94. The summed E-state index contributed by atoms with van der Waals surface area (Å²) in [5.41, 5.74) is -2.00. The Labute approximate surface area is 91.8 Å². The normalized spacial score (nSPS) is 23.1. The number of carbonyl (C=O) groups is 1. The second-order valence-corrected chi connectivity index (χ2v) is 5.48. The molecular weight excluding hydrogens is 192 g/mol. The highest BCUT2D eigenvalue weighted by molar-refractivity contribution is 5.77. The van der Waals surface area contributed by atoms with Crippen molar-refractivity contribution >= 4 is 5.97 Å². The molecule has 88 valence electrons. The molecule has 1 aliphatic rings. The zero-order valence-corrected chi connectivity index (χ0v) is 10.4. The molecular formula is C12H22O3. The number of rotatable bonds is 4. The van der Waals surface area contributed by atoms with Crippen LogP contribution in [-0.4, -0.2) is 23.3 Å². The van der Waals surface area contributed by atoms with Crippen LogP contribution in [0.2, 0.25) is 0 Å². The number of hydrogen-bond acceptors (Lipinski definition) is 3. The minimum atomic E-state index is -1.01. The molecule has 1 saturated carbocycles. The van der Waals surface area contributed by atoms with Crippen LogP contribution in [0.15, 0.2) is 0 Å². The van der Waals surface area contributed by atoms with Crippen LogP contribution in [0.4, 0.5) is 0 Å². The van der Waals surface area contributed by atoms with E-state index < -0.39 is 11.0 Å². The molecule has 0 saturated heterocycles. The fraction of sp³-hybridized carbons (Fsp3) is 0.917. The van der Waals surface area contributed by atoms with Crippen LogP contribution in [0.1, 0.15) is 47.5 Å². The van der Waals surface area contributed by atoms with E-state index in [2.05, 4.69) is 0 Å². The summed E-state index contributed by atoms with van der Waals surface area (Å²) in [5.74, 6) is -0.317. The Morgan fingerprint density at radius 2 is 1.87 bits per heavy atom. The SMILES string of the molecule is CCOC(=O)C(C)(C)C(C)(O)C1(C)CC1. The van der Waals surface area contributed by atoms with Crippen molar-refractivity contribution in [3.8, 4) is 0 Å². The lowest BCUT2D eigenvalue weighted by molar-refractivity contribution is -0.177. The van der Waals surface area contributed by atoms with Crippen LogP contribution in [0.3, 0.4) is 0 Å². The van der Waals surface area contributed by atoms with Gasteiger partial charge in [0.25, 0.3) is 0 Å². The van der Waals surface area contributed by atoms with Crippen molar-refractivity contribution in [1.29, 1.82) is 0 Å². The fourth-order valence-electron chi connectivity index (χ4n) is 1.94. The first kappa shape index (κ1) is 12.5. The van der Waals surface area contributed by atoms with Crippen molar-refractivity contribution in [3.05, 3.63) is 0 Å². The minimum absolute atomic E-state index is 0.136. The van der Waals surface area contributed by atoms with E-state index in [4.69, 9.17) is 4.74 Å². The Balaban J connectivity index is 2.89. The molecule has 0 bridgehead atoms. The lowest BCUT2D eigenvalue weighted by Crippen LogP contribution is -2.53. The van der Waals surface area contributed by atoms with Gasteiger partial charge in [-0.1, -0.05) is 6.92 Å². The lowest BCUT2D eigenvalue weighted by Gasteiger charge is -2.42. The molecule has 3 nitrogen and oxygen atoms in total. The number of esters is 1. The molecule has 1 unspecified atom stereocenters. The number of aliphatic hydroxyl groups is 1. The third-order valence-electron chi connectivity index (χ3n) is 4.18. The largest absolute Gasteiger partial charge is 0.465 e. The molecule has 0 spiro atoms. The van der Waals surface area contributed by atoms with Gasteiger partial charge in [-0.3, -0.25) is 4.79 Å². The molecule has 3 heteroatoms. The first-order chi connectivity index (χ1) is 6.69. The standard InChI is InChI=1S/C12H22O3/c1-6-15-9(13)10(2,3)12(5,14)11(4)7-8-11/h14H,6-8H2,1-5H3. The van der Waals surface area contributed by atoms with Gasteiger partial charge in [0.2, 0.25) is 0 Å². The maximum Gasteiger partial charge on any atom is 0.314 e. The first-order valence-corrected chi connectivity index (χ1v) is 5.58. The third-order valence-corrected chi connectivity index (χ3v) is 4.18. The van der Waals surface area contributed by atoms with Gasteiger partial charge in [0.05, 0.1) is 17.6 Å². The van der Waals surface area contributed by atoms with E-state index in [0.29, 0.717) is 6.61 Å². The summed E-state index contributed by atoms with van der Waals surface area (Å²) >= 11 is 0. The summed E-state index contributed by atoms with van der Waals surface area (Å²) in [5, 5.41) is 10.5. The molecule has 0 aromatic heterocycles. The van der Waals surface area contributed by atoms with Crippen LogP contribution >= 0.6 is 0 Å². The molecule has 1 rings (SSSR count). The maximum atomic E-state index is 11.8. The molecule has 0 heterocycles. The molecule has 0 aromatic rings. The van der Waals surface area contributed by atoms with Crippen LogP contribution in [0, 0.1) is 10.8 Å². The predicted octanol–water partition coefficient (Wildman–Crippen LogP) is 2.13. The Bertz CT molecular complexity index is 262. The molecule has 0 radical (unpaired) electrons. The second kappa shape index (κ2) is 3.48. The highest BCUT2D eigenvalue weighted by Crippen LogP contribution is 2.59. The molecule has 1 atom stereocenters. The Hall–Kier alpha value is -0.570. The van der Waals surface area contributed by atoms with Gasteiger partial charge in [0, 0.05) is 0 Å². The first-order valence-electron chi connectivity index (χ1n) is 5.58. The van der Waals surface area contributed by atoms with Gasteiger partial charge < -0.3 is 9.84 Å². The van der Waals surface area contributed by atoms with Crippen LogP contribution in [0.5, 0.6) is 0 Å². The van der Waals surface area contributed by atoms with E-state index in [1.54, 1.807) is 27.7 Å². The van der Waals surface area contributed by atoms with Gasteiger partial charge in [-0.05, 0) is 46.0 Å². The summed E-state index contributed by atoms with van der Waals surface area (Å²) < 4.78 is 5.02. The zero-order chi connectivity index (χ0) is 11.9. The number of hydrogen-bond donors (Lipinski definition) is 1. The van der Waals surface area contributed by atoms with Gasteiger partial charge >= 0.3 is 5.97 Å². The molecule has 1 fully saturated rings. The van der Waals surface area contributed by atoms with E-state index in [1.807, 2.05) is 6.92 Å². The quantitative estimate of drug-likeness (QED) is 0.729. The summed E-state index contributed by atoms with van der Waals surface area (Å²) in [4.78, 5) is 11.8. The highest BCUT2D eigenvalue weighted by Gasteiger charge is 2.62. The second-order valence-electron chi connectivity index (χ2n) is 5.48. The monoisotopic (exact) mass is 214 g/mol. The highest BCUT2D eigenvalue weighted by atomic mass is 16.5. The van der Waals surface area contributed by atoms with Crippen LogP contribution in [-0.2, 0) is 9.53 Å².